The van der Waals surface area contributed by atoms with Gasteiger partial charge in [0, 0.05) is 0 Å². The second-order valence-electron chi connectivity index (χ2n) is 13.6. The van der Waals surface area contributed by atoms with Gasteiger partial charge in [-0.1, -0.05) is 78.9 Å². The summed E-state index contributed by atoms with van der Waals surface area (Å²) >= 11 is 0. The van der Waals surface area contributed by atoms with Gasteiger partial charge in [-0.05, 0) is 75.9 Å². The third-order valence-corrected chi connectivity index (χ3v) is 11.2. The number of nitrogens with zero attached hydrogens (tertiary/aromatic N) is 1. The topological polar surface area (TPSA) is 91.4 Å². The molecule has 2 amide bonds. The van der Waals surface area contributed by atoms with Gasteiger partial charge in [-0.15, -0.1) is 0 Å². The van der Waals surface area contributed by atoms with Crippen LogP contribution >= 0.6 is 0 Å². The van der Waals surface area contributed by atoms with Crippen LogP contribution in [-0.2, 0) is 31.4 Å². The maximum atomic E-state index is 16.2. The van der Waals surface area contributed by atoms with E-state index in [-0.39, 0.29) is 25.1 Å². The number of ketones is 1. The molecular weight excluding hydrogens is 687 g/mol. The van der Waals surface area contributed by atoms with Crippen LogP contribution in [0, 0.1) is 11.8 Å². The first-order chi connectivity index (χ1) is 25.7. The molecule has 53 heavy (non-hydrogen) atoms. The number of carbonyl (C=O) groups is 3. The highest BCUT2D eigenvalue weighted by Crippen LogP contribution is 2.74. The molecule has 1 saturated heterocycles. The van der Waals surface area contributed by atoms with Crippen molar-refractivity contribution in [3.8, 4) is 23.0 Å². The Bertz CT molecular complexity index is 2310. The number of fused-ring (bicyclic) bond motifs is 7. The molecule has 2 fully saturated rings. The molecule has 0 unspecified atom stereocenters. The Hall–Kier alpha value is -6.36. The van der Waals surface area contributed by atoms with Gasteiger partial charge >= 0.3 is 6.18 Å². The predicted molar refractivity (Wildman–Crippen MR) is 184 cm³/mol. The Labute approximate surface area is 300 Å². The van der Waals surface area contributed by atoms with Crippen molar-refractivity contribution in [2.75, 3.05) is 18.5 Å². The summed E-state index contributed by atoms with van der Waals surface area (Å²) in [6, 6.07) is 32.4. The van der Waals surface area contributed by atoms with E-state index < -0.39 is 46.2 Å². The fourth-order valence-electron chi connectivity index (χ4n) is 9.30. The first kappa shape index (κ1) is 31.4. The molecule has 262 valence electrons. The molecule has 8 nitrogen and oxygen atoms in total. The van der Waals surface area contributed by atoms with E-state index in [0.717, 1.165) is 17.0 Å². The van der Waals surface area contributed by atoms with E-state index in [1.54, 1.807) is 97.1 Å². The van der Waals surface area contributed by atoms with Gasteiger partial charge in [0.15, 0.2) is 28.8 Å². The van der Waals surface area contributed by atoms with E-state index in [4.69, 9.17) is 18.9 Å². The van der Waals surface area contributed by atoms with Crippen molar-refractivity contribution < 1.29 is 46.5 Å². The van der Waals surface area contributed by atoms with Gasteiger partial charge in [0.1, 0.15) is 0 Å². The van der Waals surface area contributed by atoms with Crippen molar-refractivity contribution in [1.29, 1.82) is 0 Å². The number of halogens is 3. The molecule has 0 spiro atoms. The number of imide groups is 1. The summed E-state index contributed by atoms with van der Waals surface area (Å²) in [6.45, 7) is -0.0135. The first-order valence-corrected chi connectivity index (χ1v) is 16.9. The van der Waals surface area contributed by atoms with E-state index in [0.29, 0.717) is 56.4 Å². The molecule has 11 heteroatoms. The second-order valence-corrected chi connectivity index (χ2v) is 13.6. The summed E-state index contributed by atoms with van der Waals surface area (Å²) in [4.78, 5) is 47.3. The van der Waals surface area contributed by atoms with Gasteiger partial charge in [-0.3, -0.25) is 14.4 Å². The standard InChI is InChI=1S/C42H26F3NO7/c43-42(44,45)27-12-7-13-28(20-27)46-37(47)35-36(38(46)48)41(26-10-5-2-6-11-26)34(24-15-17-30-32(19-24)53-22-51-30)33(23-14-16-29-31(18-23)52-21-50-29)40(35,39(41)49)25-8-3-1-4-9-25/h1-20,35-36H,21-22H2/t35-,36+,40-,41-/m0/s1. The number of ether oxygens (including phenoxy) is 4. The van der Waals surface area contributed by atoms with Gasteiger partial charge in [-0.2, -0.15) is 13.2 Å². The van der Waals surface area contributed by atoms with Crippen LogP contribution < -0.4 is 23.8 Å². The average molecular weight is 714 g/mol. The molecule has 3 heterocycles. The molecule has 2 aliphatic carbocycles. The SMILES string of the molecule is O=C1[C@@H]2[C@H](C(=O)N1c1cccc(C(F)(F)F)c1)[C@@]1(c3ccccc3)C(=O)[C@@]2(c2ccccc2)C(c2ccc3c(c2)OCO3)=C1c1ccc2c(c1)OCO2. The molecule has 3 aliphatic heterocycles. The van der Waals surface area contributed by atoms with Crippen LogP contribution in [0.3, 0.4) is 0 Å². The largest absolute Gasteiger partial charge is 0.454 e. The van der Waals surface area contributed by atoms with E-state index in [1.165, 1.54) is 12.1 Å². The van der Waals surface area contributed by atoms with Crippen molar-refractivity contribution in [2.45, 2.75) is 17.0 Å². The molecule has 5 aliphatic rings. The molecule has 5 aromatic rings. The fraction of sp³-hybridized carbons (Fsp3) is 0.167. The lowest BCUT2D eigenvalue weighted by atomic mass is 9.59. The zero-order valence-electron chi connectivity index (χ0n) is 27.6. The number of hydrogen-bond donors (Lipinski definition) is 0. The number of anilines is 1. The summed E-state index contributed by atoms with van der Waals surface area (Å²) in [7, 11) is 0. The van der Waals surface area contributed by atoms with Crippen LogP contribution in [-0.4, -0.2) is 31.2 Å². The fourth-order valence-corrected chi connectivity index (χ4v) is 9.30. The van der Waals surface area contributed by atoms with Crippen LogP contribution in [0.5, 0.6) is 23.0 Å². The Morgan fingerprint density at radius 2 is 1.02 bits per heavy atom. The molecule has 0 radical (unpaired) electrons. The van der Waals surface area contributed by atoms with Crippen LogP contribution in [0.4, 0.5) is 18.9 Å². The number of alkyl halides is 3. The van der Waals surface area contributed by atoms with E-state index in [9.17, 15) is 13.2 Å². The quantitative estimate of drug-likeness (QED) is 0.176. The molecular formula is C42H26F3NO7. The minimum atomic E-state index is -4.73. The molecule has 1 saturated carbocycles. The summed E-state index contributed by atoms with van der Waals surface area (Å²) in [6.07, 6.45) is -4.73. The molecule has 10 rings (SSSR count). The summed E-state index contributed by atoms with van der Waals surface area (Å²) in [5, 5.41) is 0. The maximum Gasteiger partial charge on any atom is 0.416 e. The number of amides is 2. The number of hydrogen-bond acceptors (Lipinski definition) is 7. The van der Waals surface area contributed by atoms with Crippen LogP contribution in [0.15, 0.2) is 121 Å². The minimum absolute atomic E-state index is 0.00675. The minimum Gasteiger partial charge on any atom is -0.454 e. The molecule has 5 aromatic carbocycles. The van der Waals surface area contributed by atoms with Crippen molar-refractivity contribution in [2.24, 2.45) is 11.8 Å². The Morgan fingerprint density at radius 3 is 1.49 bits per heavy atom. The highest BCUT2D eigenvalue weighted by atomic mass is 19.4. The molecule has 0 N–H and O–H groups in total. The van der Waals surface area contributed by atoms with Gasteiger partial charge in [-0.25, -0.2) is 4.90 Å². The van der Waals surface area contributed by atoms with Crippen molar-refractivity contribution in [3.05, 3.63) is 149 Å². The Balaban J connectivity index is 1.34. The third kappa shape index (κ3) is 3.99. The number of carbonyl (C=O) groups excluding carboxylic acids is 3. The van der Waals surface area contributed by atoms with Crippen LogP contribution in [0.2, 0.25) is 0 Å². The third-order valence-electron chi connectivity index (χ3n) is 11.2. The smallest absolute Gasteiger partial charge is 0.416 e. The summed E-state index contributed by atoms with van der Waals surface area (Å²) in [5.41, 5.74) is -1.83. The molecule has 0 aromatic heterocycles. The number of benzene rings is 5. The predicted octanol–water partition coefficient (Wildman–Crippen LogP) is 7.35. The van der Waals surface area contributed by atoms with E-state index in [1.807, 2.05) is 0 Å². The van der Waals surface area contributed by atoms with E-state index >= 15 is 14.4 Å². The first-order valence-electron chi connectivity index (χ1n) is 16.9. The van der Waals surface area contributed by atoms with Crippen molar-refractivity contribution in [3.63, 3.8) is 0 Å². The normalized spacial score (nSPS) is 25.1. The lowest BCUT2D eigenvalue weighted by Gasteiger charge is -2.39. The van der Waals surface area contributed by atoms with E-state index in [2.05, 4.69) is 0 Å². The highest BCUT2D eigenvalue weighted by molar-refractivity contribution is 6.39. The number of Topliss-reactive ketones (excluding diaryl/α,β-unsaturated/α-hetero) is 1. The lowest BCUT2D eigenvalue weighted by molar-refractivity contribution is -0.137. The maximum absolute atomic E-state index is 16.2. The van der Waals surface area contributed by atoms with Gasteiger partial charge in [0.25, 0.3) is 0 Å². The number of rotatable bonds is 5. The Kier molecular flexibility index (Phi) is 6.41. The lowest BCUT2D eigenvalue weighted by Crippen LogP contribution is -2.45. The van der Waals surface area contributed by atoms with Crippen LogP contribution in [0.1, 0.15) is 27.8 Å². The zero-order chi connectivity index (χ0) is 36.3. The average Bonchev–Trinajstić information content (AvgIpc) is 3.98. The second kappa shape index (κ2) is 10.8. The van der Waals surface area contributed by atoms with Crippen LogP contribution in [0.25, 0.3) is 11.1 Å². The van der Waals surface area contributed by atoms with Crippen molar-refractivity contribution >= 4 is 34.4 Å². The van der Waals surface area contributed by atoms with Gasteiger partial charge < -0.3 is 18.9 Å². The highest BCUT2D eigenvalue weighted by Gasteiger charge is 2.83. The molecule has 2 bridgehead atoms. The Morgan fingerprint density at radius 1 is 0.547 bits per heavy atom. The summed E-state index contributed by atoms with van der Waals surface area (Å²) < 4.78 is 64.9. The van der Waals surface area contributed by atoms with Gasteiger partial charge in [0.2, 0.25) is 25.4 Å². The van der Waals surface area contributed by atoms with Crippen molar-refractivity contribution in [1.82, 2.24) is 0 Å². The summed E-state index contributed by atoms with van der Waals surface area (Å²) in [5.74, 6) is -2.72. The molecule has 4 atom stereocenters. The number of allylic oxidation sites excluding steroid dienone is 2. The van der Waals surface area contributed by atoms with Gasteiger partial charge in [0.05, 0.1) is 33.9 Å². The monoisotopic (exact) mass is 713 g/mol. The zero-order valence-corrected chi connectivity index (χ0v) is 27.6.